The van der Waals surface area contributed by atoms with Crippen molar-refractivity contribution in [1.29, 1.82) is 0 Å². The normalized spacial score (nSPS) is 11.7. The van der Waals surface area contributed by atoms with Gasteiger partial charge in [0.15, 0.2) is 0 Å². The van der Waals surface area contributed by atoms with Crippen LogP contribution < -0.4 is 21.7 Å². The molecule has 0 radical (unpaired) electrons. The fraction of sp³-hybridized carbons (Fsp3) is 0.0714. The SMILES string of the molecule is Nc1cccc(C(=O)Nc2cc(-c3c(C(c4ccc(O)c(NC(=O)c5cccc([N+](=O)[O-])c5)c4)(C(F)(F)F)C(F)(F)F)ccc(O)c3NC(=O)c3cccc([N+](=O)[O-])c3)ccc2O)c1. The third kappa shape index (κ3) is 8.59. The van der Waals surface area contributed by atoms with E-state index in [0.717, 1.165) is 66.7 Å². The number of anilines is 4. The topological polar surface area (TPSA) is 260 Å². The second-order valence-electron chi connectivity index (χ2n) is 13.7. The fourth-order valence-electron chi connectivity index (χ4n) is 6.72. The van der Waals surface area contributed by atoms with Crippen LogP contribution in [0.5, 0.6) is 17.2 Å². The van der Waals surface area contributed by atoms with Gasteiger partial charge in [-0.1, -0.05) is 36.4 Å². The molecule has 0 saturated heterocycles. The Bertz CT molecular complexity index is 2870. The van der Waals surface area contributed by atoms with Gasteiger partial charge >= 0.3 is 12.4 Å². The Morgan fingerprint density at radius 2 is 1.00 bits per heavy atom. The first-order valence-electron chi connectivity index (χ1n) is 18.0. The first-order chi connectivity index (χ1) is 30.0. The highest BCUT2D eigenvalue weighted by molar-refractivity contribution is 6.09. The monoisotopic (exact) mass is 890 g/mol. The van der Waals surface area contributed by atoms with Gasteiger partial charge in [0, 0.05) is 52.2 Å². The summed E-state index contributed by atoms with van der Waals surface area (Å²) in [4.78, 5) is 61.0. The van der Waals surface area contributed by atoms with E-state index in [1.807, 2.05) is 5.32 Å². The number of hydrogen-bond donors (Lipinski definition) is 7. The van der Waals surface area contributed by atoms with Gasteiger partial charge < -0.3 is 37.0 Å². The van der Waals surface area contributed by atoms with Crippen molar-refractivity contribution in [3.05, 3.63) is 169 Å². The number of rotatable bonds is 11. The third-order valence-electron chi connectivity index (χ3n) is 9.67. The number of nitrogens with one attached hydrogen (secondary N) is 3. The Kier molecular flexibility index (Phi) is 11.9. The minimum atomic E-state index is -6.45. The van der Waals surface area contributed by atoms with Crippen LogP contribution in [-0.4, -0.2) is 55.2 Å². The van der Waals surface area contributed by atoms with Crippen LogP contribution in [0.25, 0.3) is 11.1 Å². The van der Waals surface area contributed by atoms with Crippen molar-refractivity contribution in [3.63, 3.8) is 0 Å². The summed E-state index contributed by atoms with van der Waals surface area (Å²) in [6, 6.07) is 16.7. The van der Waals surface area contributed by atoms with Crippen molar-refractivity contribution in [3.8, 4) is 28.4 Å². The third-order valence-corrected chi connectivity index (χ3v) is 9.67. The lowest BCUT2D eigenvalue weighted by molar-refractivity contribution is -0.385. The highest BCUT2D eigenvalue weighted by Gasteiger charge is 2.73. The van der Waals surface area contributed by atoms with Gasteiger partial charge in [0.2, 0.25) is 5.41 Å². The summed E-state index contributed by atoms with van der Waals surface area (Å²) in [6.45, 7) is 0. The number of nitrogens with zero attached hydrogens (tertiary/aromatic N) is 2. The molecule has 0 saturated carbocycles. The van der Waals surface area contributed by atoms with Crippen molar-refractivity contribution in [2.45, 2.75) is 17.8 Å². The molecule has 0 heterocycles. The number of carbonyl (C=O) groups is 3. The van der Waals surface area contributed by atoms with Crippen LogP contribution in [0.3, 0.4) is 0 Å². The second kappa shape index (κ2) is 17.0. The number of nitro benzene ring substituents is 2. The maximum absolute atomic E-state index is 16.0. The first-order valence-corrected chi connectivity index (χ1v) is 18.0. The standard InChI is InChI=1S/C42H28F6N6O10/c43-41(44,45)40(42(46,47)48,25-11-14-33(56)31(20-25)51-38(59)23-5-2-8-27(17-23)53(61)62)29-12-15-34(57)36(52-39(60)24-6-3-9-28(18-24)54(63)64)35(29)21-10-13-32(55)30(19-21)50-37(58)22-4-1-7-26(49)16-22/h1-20,55-57H,49H2,(H,50,58)(H,51,59)(H,52,60). The molecule has 22 heteroatoms. The maximum Gasteiger partial charge on any atom is 0.411 e. The summed E-state index contributed by atoms with van der Waals surface area (Å²) in [5, 5.41) is 61.7. The number of nitro groups is 2. The fourth-order valence-corrected chi connectivity index (χ4v) is 6.72. The van der Waals surface area contributed by atoms with Gasteiger partial charge in [-0.3, -0.25) is 34.6 Å². The van der Waals surface area contributed by atoms with E-state index in [0.29, 0.717) is 12.1 Å². The van der Waals surface area contributed by atoms with Gasteiger partial charge in [-0.2, -0.15) is 26.3 Å². The molecule has 16 nitrogen and oxygen atoms in total. The summed E-state index contributed by atoms with van der Waals surface area (Å²) in [6.07, 6.45) is -12.9. The number of carbonyl (C=O) groups excluding carboxylic acids is 3. The van der Waals surface area contributed by atoms with Gasteiger partial charge in [-0.05, 0) is 77.4 Å². The lowest BCUT2D eigenvalue weighted by Crippen LogP contribution is -2.55. The lowest BCUT2D eigenvalue weighted by atomic mass is 9.69. The van der Waals surface area contributed by atoms with E-state index < -0.39 is 124 Å². The van der Waals surface area contributed by atoms with Crippen molar-refractivity contribution in [1.82, 2.24) is 0 Å². The smallest absolute Gasteiger partial charge is 0.411 e. The molecule has 0 bridgehead atoms. The van der Waals surface area contributed by atoms with Gasteiger partial charge in [-0.25, -0.2) is 0 Å². The van der Waals surface area contributed by atoms with Crippen molar-refractivity contribution < 1.29 is 65.9 Å². The van der Waals surface area contributed by atoms with E-state index in [1.165, 1.54) is 24.3 Å². The molecular weight excluding hydrogens is 862 g/mol. The summed E-state index contributed by atoms with van der Waals surface area (Å²) >= 11 is 0. The van der Waals surface area contributed by atoms with Crippen LogP contribution in [0.1, 0.15) is 42.2 Å². The molecule has 0 aliphatic rings. The summed E-state index contributed by atoms with van der Waals surface area (Å²) in [5.74, 6) is -6.56. The summed E-state index contributed by atoms with van der Waals surface area (Å²) in [5.41, 5.74) is -9.86. The molecule has 0 unspecified atom stereocenters. The minimum Gasteiger partial charge on any atom is -0.506 e. The molecule has 64 heavy (non-hydrogen) atoms. The zero-order chi connectivity index (χ0) is 46.9. The van der Waals surface area contributed by atoms with E-state index >= 15 is 26.3 Å². The van der Waals surface area contributed by atoms with Crippen LogP contribution in [0, 0.1) is 20.2 Å². The molecule has 0 aromatic heterocycles. The molecular formula is C42H28F6N6O10. The molecule has 0 aliphatic carbocycles. The second-order valence-corrected chi connectivity index (χ2v) is 13.7. The van der Waals surface area contributed by atoms with E-state index in [-0.39, 0.29) is 29.4 Å². The molecule has 8 N–H and O–H groups in total. The zero-order valence-electron chi connectivity index (χ0n) is 32.0. The molecule has 0 aliphatic heterocycles. The molecule has 0 spiro atoms. The quantitative estimate of drug-likeness (QED) is 0.0212. The zero-order valence-corrected chi connectivity index (χ0v) is 32.0. The van der Waals surface area contributed by atoms with Crippen molar-refractivity contribution >= 4 is 51.8 Å². The van der Waals surface area contributed by atoms with Crippen LogP contribution in [0.4, 0.5) is 60.5 Å². The Morgan fingerprint density at radius 1 is 0.547 bits per heavy atom. The number of amides is 3. The lowest BCUT2D eigenvalue weighted by Gasteiger charge is -2.40. The Labute approximate surface area is 354 Å². The van der Waals surface area contributed by atoms with E-state index in [1.54, 1.807) is 0 Å². The molecule has 0 atom stereocenters. The molecule has 6 aromatic carbocycles. The number of phenolic OH excluding ortho intramolecular Hbond substituents is 3. The van der Waals surface area contributed by atoms with Gasteiger partial charge in [0.05, 0.1) is 26.9 Å². The number of nitrogens with two attached hydrogens (primary N) is 1. The minimum absolute atomic E-state index is 0.0957. The molecule has 6 aromatic rings. The maximum atomic E-state index is 16.0. The summed E-state index contributed by atoms with van der Waals surface area (Å²) in [7, 11) is 0. The van der Waals surface area contributed by atoms with Crippen LogP contribution in [-0.2, 0) is 5.41 Å². The Balaban J connectivity index is 1.63. The molecule has 0 fully saturated rings. The average Bonchev–Trinajstić information content (AvgIpc) is 3.23. The van der Waals surface area contributed by atoms with Crippen molar-refractivity contribution in [2.24, 2.45) is 0 Å². The number of aromatic hydroxyl groups is 3. The first kappa shape index (κ1) is 44.9. The van der Waals surface area contributed by atoms with Crippen LogP contribution >= 0.6 is 0 Å². The van der Waals surface area contributed by atoms with E-state index in [9.17, 15) is 49.9 Å². The van der Waals surface area contributed by atoms with Gasteiger partial charge in [0.25, 0.3) is 29.1 Å². The highest BCUT2D eigenvalue weighted by atomic mass is 19.4. The molecule has 6 rings (SSSR count). The average molecular weight is 891 g/mol. The van der Waals surface area contributed by atoms with Crippen LogP contribution in [0.2, 0.25) is 0 Å². The number of non-ortho nitro benzene ring substituents is 2. The van der Waals surface area contributed by atoms with E-state index in [2.05, 4.69) is 10.6 Å². The van der Waals surface area contributed by atoms with Crippen LogP contribution in [0.15, 0.2) is 121 Å². The molecule has 328 valence electrons. The highest BCUT2D eigenvalue weighted by Crippen LogP contribution is 2.60. The number of nitrogen functional groups attached to an aromatic ring is 1. The van der Waals surface area contributed by atoms with Crippen molar-refractivity contribution in [2.75, 3.05) is 21.7 Å². The predicted octanol–water partition coefficient (Wildman–Crippen LogP) is 9.04. The Morgan fingerprint density at radius 3 is 1.50 bits per heavy atom. The largest absolute Gasteiger partial charge is 0.506 e. The number of hydrogen-bond acceptors (Lipinski definition) is 11. The van der Waals surface area contributed by atoms with E-state index in [4.69, 9.17) is 5.73 Å². The Hall–Kier alpha value is -8.69. The number of halogens is 6. The predicted molar refractivity (Wildman–Crippen MR) is 217 cm³/mol. The molecule has 3 amide bonds. The summed E-state index contributed by atoms with van der Waals surface area (Å²) < 4.78 is 95.9. The number of benzene rings is 6. The van der Waals surface area contributed by atoms with Gasteiger partial charge in [0.1, 0.15) is 17.2 Å². The number of alkyl halides is 6. The number of phenols is 3. The van der Waals surface area contributed by atoms with Gasteiger partial charge in [-0.15, -0.1) is 0 Å².